The van der Waals surface area contributed by atoms with Crippen LogP contribution >= 0.6 is 0 Å². The summed E-state index contributed by atoms with van der Waals surface area (Å²) in [6.45, 7) is 5.15. The van der Waals surface area contributed by atoms with E-state index in [-0.39, 0.29) is 18.6 Å². The molecule has 0 aromatic rings. The van der Waals surface area contributed by atoms with Crippen molar-refractivity contribution in [2.75, 3.05) is 0 Å². The monoisotopic (exact) mass is 285 g/mol. The van der Waals surface area contributed by atoms with E-state index in [9.17, 15) is 19.2 Å². The molecule has 1 saturated carbocycles. The number of carbonyl (C=O) groups excluding carboxylic acids is 3. The number of rotatable bonds is 3. The molecule has 2 atom stereocenters. The van der Waals surface area contributed by atoms with Gasteiger partial charge in [-0.1, -0.05) is 0 Å². The van der Waals surface area contributed by atoms with Crippen LogP contribution in [0.5, 0.6) is 0 Å². The molecule has 7 nitrogen and oxygen atoms in total. The number of amides is 1. The number of aliphatic carboxylic acids is 1. The topological polar surface area (TPSA) is 110 Å². The smallest absolute Gasteiger partial charge is 0.407 e. The number of ether oxygens (including phenoxy) is 1. The third-order valence-electron chi connectivity index (χ3n) is 2.90. The van der Waals surface area contributed by atoms with Crippen LogP contribution in [-0.2, 0) is 19.1 Å². The first-order valence-corrected chi connectivity index (χ1v) is 6.39. The highest BCUT2D eigenvalue weighted by Gasteiger charge is 2.37. The fraction of sp³-hybridized carbons (Fsp3) is 0.692. The van der Waals surface area contributed by atoms with Crippen molar-refractivity contribution in [1.82, 2.24) is 5.32 Å². The van der Waals surface area contributed by atoms with Gasteiger partial charge in [0.15, 0.2) is 0 Å². The third-order valence-corrected chi connectivity index (χ3v) is 2.90. The fourth-order valence-electron chi connectivity index (χ4n) is 2.03. The molecule has 0 aromatic heterocycles. The van der Waals surface area contributed by atoms with E-state index in [0.29, 0.717) is 6.42 Å². The second kappa shape index (κ2) is 6.02. The van der Waals surface area contributed by atoms with E-state index in [1.165, 1.54) is 0 Å². The highest BCUT2D eigenvalue weighted by molar-refractivity contribution is 6.37. The summed E-state index contributed by atoms with van der Waals surface area (Å²) in [6, 6.07) is -0.434. The Morgan fingerprint density at radius 1 is 1.30 bits per heavy atom. The van der Waals surface area contributed by atoms with E-state index in [1.54, 1.807) is 20.8 Å². The Labute approximate surface area is 116 Å². The zero-order valence-electron chi connectivity index (χ0n) is 11.8. The first-order chi connectivity index (χ1) is 9.10. The van der Waals surface area contributed by atoms with Gasteiger partial charge in [-0.2, -0.15) is 0 Å². The van der Waals surface area contributed by atoms with E-state index >= 15 is 0 Å². The molecule has 0 spiro atoms. The lowest BCUT2D eigenvalue weighted by atomic mass is 9.82. The van der Waals surface area contributed by atoms with Gasteiger partial charge in [0.25, 0.3) is 0 Å². The van der Waals surface area contributed by atoms with Crippen molar-refractivity contribution in [2.45, 2.75) is 51.7 Å². The van der Waals surface area contributed by atoms with Gasteiger partial charge in [-0.25, -0.2) is 9.59 Å². The van der Waals surface area contributed by atoms with Crippen LogP contribution in [-0.4, -0.2) is 40.4 Å². The zero-order chi connectivity index (χ0) is 15.5. The van der Waals surface area contributed by atoms with E-state index in [2.05, 4.69) is 5.32 Å². The quantitative estimate of drug-likeness (QED) is 0.589. The summed E-state index contributed by atoms with van der Waals surface area (Å²) in [5.74, 6) is -4.31. The molecule has 1 amide bonds. The molecule has 0 bridgehead atoms. The first-order valence-electron chi connectivity index (χ1n) is 6.39. The summed E-state index contributed by atoms with van der Waals surface area (Å²) in [7, 11) is 0. The molecule has 0 heterocycles. The second-order valence-corrected chi connectivity index (χ2v) is 5.81. The van der Waals surface area contributed by atoms with E-state index in [1.807, 2.05) is 0 Å². The highest BCUT2D eigenvalue weighted by Crippen LogP contribution is 2.22. The molecule has 1 aliphatic carbocycles. The number of hydrogen-bond donors (Lipinski definition) is 2. The molecule has 0 saturated heterocycles. The molecule has 2 unspecified atom stereocenters. The minimum atomic E-state index is -1.62. The molecule has 20 heavy (non-hydrogen) atoms. The van der Waals surface area contributed by atoms with Crippen LogP contribution in [0.1, 0.15) is 40.0 Å². The van der Waals surface area contributed by atoms with Crippen molar-refractivity contribution in [3.05, 3.63) is 0 Å². The van der Waals surface area contributed by atoms with Crippen LogP contribution < -0.4 is 5.32 Å². The summed E-state index contributed by atoms with van der Waals surface area (Å²) in [6.07, 6.45) is -0.187. The number of carboxylic acid groups (broad SMARTS) is 1. The molecule has 7 heteroatoms. The predicted molar refractivity (Wildman–Crippen MR) is 68.1 cm³/mol. The lowest BCUT2D eigenvalue weighted by molar-refractivity contribution is -0.153. The maximum absolute atomic E-state index is 11.6. The summed E-state index contributed by atoms with van der Waals surface area (Å²) in [5.41, 5.74) is -0.648. The largest absolute Gasteiger partial charge is 0.475 e. The van der Waals surface area contributed by atoms with Gasteiger partial charge in [0.05, 0.1) is 5.92 Å². The summed E-state index contributed by atoms with van der Waals surface area (Å²) in [5, 5.41) is 11.2. The SMILES string of the molecule is CC(C)(C)OC(=O)NC1CCC(=O)C(C(=O)C(=O)O)C1. The number of carbonyl (C=O) groups is 4. The van der Waals surface area contributed by atoms with Crippen molar-refractivity contribution >= 4 is 23.6 Å². The Hall–Kier alpha value is -1.92. The number of hydrogen-bond acceptors (Lipinski definition) is 5. The second-order valence-electron chi connectivity index (χ2n) is 5.81. The lowest BCUT2D eigenvalue weighted by Crippen LogP contribution is -2.46. The van der Waals surface area contributed by atoms with Gasteiger partial charge >= 0.3 is 12.1 Å². The Morgan fingerprint density at radius 2 is 1.90 bits per heavy atom. The maximum atomic E-state index is 11.6. The van der Waals surface area contributed by atoms with Crippen LogP contribution in [0.3, 0.4) is 0 Å². The molecule has 1 fully saturated rings. The molecule has 0 aliphatic heterocycles. The fourth-order valence-corrected chi connectivity index (χ4v) is 2.03. The van der Waals surface area contributed by atoms with Gasteiger partial charge in [0.1, 0.15) is 11.4 Å². The Bertz CT molecular complexity index is 437. The van der Waals surface area contributed by atoms with Gasteiger partial charge in [-0.3, -0.25) is 9.59 Å². The zero-order valence-corrected chi connectivity index (χ0v) is 11.8. The van der Waals surface area contributed by atoms with Crippen LogP contribution in [0.15, 0.2) is 0 Å². The number of carboxylic acids is 1. The Balaban J connectivity index is 2.62. The lowest BCUT2D eigenvalue weighted by Gasteiger charge is -2.28. The standard InChI is InChI=1S/C13H19NO6/c1-13(2,3)20-12(19)14-7-4-5-9(15)8(6-7)10(16)11(17)18/h7-8H,4-6H2,1-3H3,(H,14,19)(H,17,18). The van der Waals surface area contributed by atoms with Gasteiger partial charge in [-0.15, -0.1) is 0 Å². The third kappa shape index (κ3) is 4.64. The van der Waals surface area contributed by atoms with Gasteiger partial charge in [0.2, 0.25) is 5.78 Å². The van der Waals surface area contributed by atoms with Crippen molar-refractivity contribution in [3.63, 3.8) is 0 Å². The Morgan fingerprint density at radius 3 is 2.40 bits per heavy atom. The van der Waals surface area contributed by atoms with Crippen LogP contribution in [0, 0.1) is 5.92 Å². The molecule has 1 rings (SSSR count). The minimum Gasteiger partial charge on any atom is -0.475 e. The predicted octanol–water partition coefficient (Wildman–Crippen LogP) is 0.903. The molecular weight excluding hydrogens is 266 g/mol. The van der Waals surface area contributed by atoms with Crippen LogP contribution in [0.4, 0.5) is 4.79 Å². The number of nitrogens with one attached hydrogen (secondary N) is 1. The molecule has 0 radical (unpaired) electrons. The van der Waals surface area contributed by atoms with Crippen molar-refractivity contribution in [2.24, 2.45) is 5.92 Å². The Kier molecular flexibility index (Phi) is 4.86. The molecule has 2 N–H and O–H groups in total. The summed E-state index contributed by atoms with van der Waals surface area (Å²) >= 11 is 0. The molecule has 1 aliphatic rings. The average molecular weight is 285 g/mol. The van der Waals surface area contributed by atoms with Gasteiger partial charge in [0, 0.05) is 12.5 Å². The molecule has 112 valence electrons. The van der Waals surface area contributed by atoms with E-state index in [4.69, 9.17) is 9.84 Å². The van der Waals surface area contributed by atoms with E-state index < -0.39 is 35.4 Å². The average Bonchev–Trinajstić information content (AvgIpc) is 2.28. The number of alkyl carbamates (subject to hydrolysis) is 1. The molecule has 0 aromatic carbocycles. The van der Waals surface area contributed by atoms with Gasteiger partial charge in [-0.05, 0) is 33.6 Å². The number of ketones is 2. The van der Waals surface area contributed by atoms with E-state index in [0.717, 1.165) is 0 Å². The van der Waals surface area contributed by atoms with Crippen molar-refractivity contribution in [3.8, 4) is 0 Å². The first kappa shape index (κ1) is 16.1. The number of Topliss-reactive ketones (excluding diaryl/α,β-unsaturated/α-hetero) is 2. The van der Waals surface area contributed by atoms with Crippen molar-refractivity contribution < 1.29 is 29.0 Å². The summed E-state index contributed by atoms with van der Waals surface area (Å²) < 4.78 is 5.07. The molecular formula is C13H19NO6. The van der Waals surface area contributed by atoms with Gasteiger partial charge < -0.3 is 15.2 Å². The minimum absolute atomic E-state index is 0.00318. The van der Waals surface area contributed by atoms with Crippen LogP contribution in [0.25, 0.3) is 0 Å². The van der Waals surface area contributed by atoms with Crippen molar-refractivity contribution in [1.29, 1.82) is 0 Å². The summed E-state index contributed by atoms with van der Waals surface area (Å²) in [4.78, 5) is 45.2. The highest BCUT2D eigenvalue weighted by atomic mass is 16.6. The normalized spacial score (nSPS) is 23.1. The van der Waals surface area contributed by atoms with Crippen LogP contribution in [0.2, 0.25) is 0 Å². The maximum Gasteiger partial charge on any atom is 0.407 e.